The molecule has 1 amide bonds. The topological polar surface area (TPSA) is 109 Å². The number of aromatic nitrogens is 1. The van der Waals surface area contributed by atoms with Crippen LogP contribution in [-0.2, 0) is 11.0 Å². The molecule has 1 N–H and O–H groups in total. The Hall–Kier alpha value is -3.13. The van der Waals surface area contributed by atoms with Crippen molar-refractivity contribution in [2.24, 2.45) is 0 Å². The van der Waals surface area contributed by atoms with Crippen LogP contribution in [0.25, 0.3) is 0 Å². The third-order valence-corrected chi connectivity index (χ3v) is 4.54. The van der Waals surface area contributed by atoms with Crippen molar-refractivity contribution in [1.29, 1.82) is 5.26 Å². The number of pyridine rings is 1. The lowest BCUT2D eigenvalue weighted by molar-refractivity contribution is -0.385. The lowest BCUT2D eigenvalue weighted by Crippen LogP contribution is -2.15. The van der Waals surface area contributed by atoms with E-state index in [0.29, 0.717) is 17.3 Å². The van der Waals surface area contributed by atoms with Crippen LogP contribution in [0, 0.1) is 35.3 Å². The third-order valence-electron chi connectivity index (χ3n) is 3.56. The molecule has 0 fully saturated rings. The van der Waals surface area contributed by atoms with Crippen molar-refractivity contribution in [2.75, 3.05) is 11.1 Å². The van der Waals surface area contributed by atoms with Gasteiger partial charge >= 0.3 is 6.18 Å². The Morgan fingerprint density at radius 2 is 2.04 bits per heavy atom. The molecule has 0 saturated heterocycles. The lowest BCUT2D eigenvalue weighted by Gasteiger charge is -2.12. The first-order valence-corrected chi connectivity index (χ1v) is 8.68. The highest BCUT2D eigenvalue weighted by Crippen LogP contribution is 2.35. The van der Waals surface area contributed by atoms with Crippen molar-refractivity contribution in [2.45, 2.75) is 25.0 Å². The molecule has 0 aliphatic carbocycles. The van der Waals surface area contributed by atoms with Crippen LogP contribution in [0.5, 0.6) is 0 Å². The highest BCUT2D eigenvalue weighted by Gasteiger charge is 2.35. The second-order valence-electron chi connectivity index (χ2n) is 5.70. The van der Waals surface area contributed by atoms with Crippen LogP contribution in [0.2, 0.25) is 0 Å². The third kappa shape index (κ3) is 4.98. The fourth-order valence-corrected chi connectivity index (χ4v) is 3.14. The Kier molecular flexibility index (Phi) is 6.25. The molecule has 0 aliphatic rings. The van der Waals surface area contributed by atoms with Crippen molar-refractivity contribution >= 4 is 29.0 Å². The van der Waals surface area contributed by atoms with Crippen LogP contribution in [-0.4, -0.2) is 21.6 Å². The van der Waals surface area contributed by atoms with Crippen LogP contribution >= 0.6 is 11.8 Å². The highest BCUT2D eigenvalue weighted by molar-refractivity contribution is 8.00. The summed E-state index contributed by atoms with van der Waals surface area (Å²) in [5.41, 5.74) is -1.28. The summed E-state index contributed by atoms with van der Waals surface area (Å²) in [5.74, 6) is -0.937. The minimum Gasteiger partial charge on any atom is -0.325 e. The smallest absolute Gasteiger partial charge is 0.325 e. The minimum atomic E-state index is -4.73. The number of thioether (sulfide) groups is 1. The van der Waals surface area contributed by atoms with Crippen molar-refractivity contribution in [3.8, 4) is 6.07 Å². The molecule has 2 aromatic rings. The zero-order valence-corrected chi connectivity index (χ0v) is 15.4. The molecule has 0 bridgehead atoms. The number of anilines is 1. The summed E-state index contributed by atoms with van der Waals surface area (Å²) in [4.78, 5) is 26.4. The first kappa shape index (κ1) is 21.2. The number of nitro benzene ring substituents is 1. The monoisotopic (exact) mass is 410 g/mol. The van der Waals surface area contributed by atoms with Gasteiger partial charge in [-0.1, -0.05) is 17.8 Å². The van der Waals surface area contributed by atoms with Crippen LogP contribution in [0.1, 0.15) is 22.4 Å². The Balaban J connectivity index is 2.18. The summed E-state index contributed by atoms with van der Waals surface area (Å²) in [7, 11) is 0. The SMILES string of the molecule is Cc1cc(C(F)(F)F)c(C#N)c(SCC(=O)Nc2ccc(C)c([N+](=O)[O-])c2)n1. The molecule has 1 aromatic carbocycles. The fraction of sp³-hybridized carbons (Fsp3) is 0.235. The number of hydrogen-bond donors (Lipinski definition) is 1. The average Bonchev–Trinajstić information content (AvgIpc) is 2.60. The summed E-state index contributed by atoms with van der Waals surface area (Å²) >= 11 is 0.678. The van der Waals surface area contributed by atoms with Crippen molar-refractivity contribution in [1.82, 2.24) is 4.98 Å². The number of halogens is 3. The molecule has 11 heteroatoms. The number of rotatable bonds is 5. The van der Waals surface area contributed by atoms with Gasteiger partial charge in [0.1, 0.15) is 11.1 Å². The van der Waals surface area contributed by atoms with Gasteiger partial charge in [-0.2, -0.15) is 18.4 Å². The van der Waals surface area contributed by atoms with Crippen LogP contribution in [0.15, 0.2) is 29.3 Å². The van der Waals surface area contributed by atoms with Gasteiger partial charge in [-0.15, -0.1) is 0 Å². The first-order chi connectivity index (χ1) is 13.0. The molecule has 2 rings (SSSR count). The molecular formula is C17H13F3N4O3S. The van der Waals surface area contributed by atoms with E-state index in [1.54, 1.807) is 6.92 Å². The van der Waals surface area contributed by atoms with E-state index in [1.807, 2.05) is 0 Å². The molecule has 0 saturated carbocycles. The number of aryl methyl sites for hydroxylation is 2. The lowest BCUT2D eigenvalue weighted by atomic mass is 10.1. The van der Waals surface area contributed by atoms with E-state index in [4.69, 9.17) is 5.26 Å². The quantitative estimate of drug-likeness (QED) is 0.449. The van der Waals surface area contributed by atoms with Gasteiger partial charge in [-0.05, 0) is 26.0 Å². The zero-order valence-electron chi connectivity index (χ0n) is 14.6. The number of alkyl halides is 3. The summed E-state index contributed by atoms with van der Waals surface area (Å²) in [6.45, 7) is 2.90. The van der Waals surface area contributed by atoms with Gasteiger partial charge in [-0.3, -0.25) is 14.9 Å². The number of benzene rings is 1. The van der Waals surface area contributed by atoms with Gasteiger partial charge in [-0.25, -0.2) is 4.98 Å². The average molecular weight is 410 g/mol. The van der Waals surface area contributed by atoms with Crippen molar-refractivity contribution < 1.29 is 22.9 Å². The second kappa shape index (κ2) is 8.26. The second-order valence-corrected chi connectivity index (χ2v) is 6.66. The summed E-state index contributed by atoms with van der Waals surface area (Å²) < 4.78 is 39.3. The summed E-state index contributed by atoms with van der Waals surface area (Å²) in [6, 6.07) is 6.38. The predicted molar refractivity (Wildman–Crippen MR) is 95.9 cm³/mol. The van der Waals surface area contributed by atoms with Crippen LogP contribution < -0.4 is 5.32 Å². The fourth-order valence-electron chi connectivity index (χ4n) is 2.30. The molecule has 0 spiro atoms. The Bertz CT molecular complexity index is 987. The van der Waals surface area contributed by atoms with E-state index in [9.17, 15) is 28.1 Å². The summed E-state index contributed by atoms with van der Waals surface area (Å²) in [6.07, 6.45) is -4.73. The number of nitro groups is 1. The molecule has 0 radical (unpaired) electrons. The normalized spacial score (nSPS) is 11.0. The maximum Gasteiger partial charge on any atom is 0.417 e. The number of carbonyl (C=O) groups excluding carboxylic acids is 1. The van der Waals surface area contributed by atoms with Gasteiger partial charge in [0.15, 0.2) is 0 Å². The predicted octanol–water partition coefficient (Wildman–Crippen LogP) is 4.23. The van der Waals surface area contributed by atoms with E-state index in [-0.39, 0.29) is 27.8 Å². The van der Waals surface area contributed by atoms with Gasteiger partial charge in [0.25, 0.3) is 5.69 Å². The maximum absolute atomic E-state index is 13.1. The van der Waals surface area contributed by atoms with Crippen LogP contribution in [0.3, 0.4) is 0 Å². The number of hydrogen-bond acceptors (Lipinski definition) is 6. The number of nitriles is 1. The first-order valence-electron chi connectivity index (χ1n) is 7.69. The van der Waals surface area contributed by atoms with Gasteiger partial charge in [0.05, 0.1) is 21.8 Å². The van der Waals surface area contributed by atoms with Crippen LogP contribution in [0.4, 0.5) is 24.5 Å². The van der Waals surface area contributed by atoms with E-state index in [0.717, 1.165) is 6.07 Å². The molecule has 0 aliphatic heterocycles. The molecule has 28 heavy (non-hydrogen) atoms. The molecule has 0 unspecified atom stereocenters. The number of carbonyl (C=O) groups is 1. The van der Waals surface area contributed by atoms with Gasteiger partial charge < -0.3 is 5.32 Å². The maximum atomic E-state index is 13.1. The molecule has 7 nitrogen and oxygen atoms in total. The van der Waals surface area contributed by atoms with Crippen molar-refractivity contribution in [3.05, 3.63) is 56.8 Å². The number of amides is 1. The van der Waals surface area contributed by atoms with E-state index in [1.165, 1.54) is 31.2 Å². The highest BCUT2D eigenvalue weighted by atomic mass is 32.2. The molecule has 1 aromatic heterocycles. The van der Waals surface area contributed by atoms with E-state index in [2.05, 4.69) is 10.3 Å². The molecule has 1 heterocycles. The number of nitrogens with one attached hydrogen (secondary N) is 1. The van der Waals surface area contributed by atoms with E-state index < -0.39 is 28.1 Å². The van der Waals surface area contributed by atoms with Gasteiger partial charge in [0.2, 0.25) is 5.91 Å². The Morgan fingerprint density at radius 1 is 1.36 bits per heavy atom. The Labute approximate surface area is 161 Å². The summed E-state index contributed by atoms with van der Waals surface area (Å²) in [5, 5.41) is 22.3. The molecular weight excluding hydrogens is 397 g/mol. The largest absolute Gasteiger partial charge is 0.417 e. The minimum absolute atomic E-state index is 0.0587. The molecule has 146 valence electrons. The van der Waals surface area contributed by atoms with E-state index >= 15 is 0 Å². The number of nitrogens with zero attached hydrogens (tertiary/aromatic N) is 3. The molecule has 0 atom stereocenters. The zero-order chi connectivity index (χ0) is 21.1. The van der Waals surface area contributed by atoms with Gasteiger partial charge in [0, 0.05) is 23.0 Å². The van der Waals surface area contributed by atoms with Crippen molar-refractivity contribution in [3.63, 3.8) is 0 Å². The standard InChI is InChI=1S/C17H13F3N4O3S/c1-9-3-4-11(6-14(9)24(26)27)23-15(25)8-28-16-12(7-21)13(17(18,19)20)5-10(2)22-16/h3-6H,8H2,1-2H3,(H,23,25). The Morgan fingerprint density at radius 3 is 2.61 bits per heavy atom.